The second-order valence-electron chi connectivity index (χ2n) is 21.2. The molecule has 9 heteroatoms. The standard InChI is InChI=1S/C60H120N6O3/c1-7-13-19-25-28-34-43-55(40-31-22-16-10-4)52-67-49-37-46-61-58-64-59(62-47-38-50-68-53-56(41-32-23-17-11-5)44-35-29-26-20-14-8-2)66-60(65-58)63-48-39-51-69-54-57(42-33-24-18-12-6)45-36-30-27-21-15-9-3/h55-57H,7-54H2,1-6H3,(H3,61,62,63,64,65,66). The Kier molecular flexibility index (Phi) is 49.8. The van der Waals surface area contributed by atoms with Crippen LogP contribution >= 0.6 is 0 Å². The van der Waals surface area contributed by atoms with E-state index in [1.165, 1.54) is 231 Å². The van der Waals surface area contributed by atoms with Crippen LogP contribution in [-0.4, -0.2) is 74.2 Å². The molecule has 0 aliphatic carbocycles. The lowest BCUT2D eigenvalue weighted by Crippen LogP contribution is -2.17. The van der Waals surface area contributed by atoms with Crippen LogP contribution in [0.5, 0.6) is 0 Å². The quantitative estimate of drug-likeness (QED) is 0.0551. The first-order valence-corrected chi connectivity index (χ1v) is 30.8. The van der Waals surface area contributed by atoms with Gasteiger partial charge in [-0.1, -0.05) is 234 Å². The van der Waals surface area contributed by atoms with Crippen LogP contribution in [0.4, 0.5) is 17.8 Å². The summed E-state index contributed by atoms with van der Waals surface area (Å²) in [6.07, 6.45) is 51.1. The average Bonchev–Trinajstić information content (AvgIpc) is 3.36. The Morgan fingerprint density at radius 1 is 0.275 bits per heavy atom. The topological polar surface area (TPSA) is 102 Å². The Bertz CT molecular complexity index is 1010. The Labute approximate surface area is 430 Å². The molecule has 1 aromatic heterocycles. The van der Waals surface area contributed by atoms with E-state index in [0.717, 1.165) is 78.5 Å². The molecule has 9 nitrogen and oxygen atoms in total. The van der Waals surface area contributed by atoms with Crippen LogP contribution in [0.25, 0.3) is 0 Å². The second kappa shape index (κ2) is 52.6. The molecule has 1 rings (SSSR count). The fourth-order valence-corrected chi connectivity index (χ4v) is 9.64. The van der Waals surface area contributed by atoms with Gasteiger partial charge in [-0.25, -0.2) is 0 Å². The van der Waals surface area contributed by atoms with Crippen molar-refractivity contribution in [1.82, 2.24) is 15.0 Å². The number of anilines is 3. The molecule has 69 heavy (non-hydrogen) atoms. The van der Waals surface area contributed by atoms with Crippen molar-refractivity contribution in [2.24, 2.45) is 17.8 Å². The van der Waals surface area contributed by atoms with Crippen LogP contribution < -0.4 is 16.0 Å². The largest absolute Gasteiger partial charge is 0.381 e. The lowest BCUT2D eigenvalue weighted by molar-refractivity contribution is 0.0907. The summed E-state index contributed by atoms with van der Waals surface area (Å²) in [5.41, 5.74) is 0. The minimum absolute atomic E-state index is 0.612. The van der Waals surface area contributed by atoms with Crippen LogP contribution in [0.15, 0.2) is 0 Å². The number of ether oxygens (including phenoxy) is 3. The predicted octanol–water partition coefficient (Wildman–Crippen LogP) is 18.3. The van der Waals surface area contributed by atoms with Gasteiger partial charge < -0.3 is 30.2 Å². The van der Waals surface area contributed by atoms with Crippen LogP contribution in [0, 0.1) is 17.8 Å². The molecule has 0 aliphatic rings. The highest BCUT2D eigenvalue weighted by atomic mass is 16.5. The van der Waals surface area contributed by atoms with E-state index in [4.69, 9.17) is 29.2 Å². The van der Waals surface area contributed by atoms with E-state index < -0.39 is 0 Å². The van der Waals surface area contributed by atoms with Crippen molar-refractivity contribution >= 4 is 17.8 Å². The fraction of sp³-hybridized carbons (Fsp3) is 0.950. The Hall–Kier alpha value is -1.71. The summed E-state index contributed by atoms with van der Waals surface area (Å²) >= 11 is 0. The zero-order valence-electron chi connectivity index (χ0n) is 47.2. The average molecular weight is 974 g/mol. The zero-order valence-corrected chi connectivity index (χ0v) is 47.2. The van der Waals surface area contributed by atoms with Gasteiger partial charge in [-0.2, -0.15) is 15.0 Å². The smallest absolute Gasteiger partial charge is 0.229 e. The first-order chi connectivity index (χ1) is 34.1. The number of rotatable bonds is 57. The van der Waals surface area contributed by atoms with Gasteiger partial charge in [0.05, 0.1) is 0 Å². The molecular formula is C60H120N6O3. The number of unbranched alkanes of at least 4 members (excludes halogenated alkanes) is 24. The maximum absolute atomic E-state index is 6.32. The van der Waals surface area contributed by atoms with Crippen molar-refractivity contribution in [2.75, 3.05) is 75.2 Å². The van der Waals surface area contributed by atoms with Crippen LogP contribution in [0.1, 0.15) is 292 Å². The number of nitrogens with one attached hydrogen (secondary N) is 3. The van der Waals surface area contributed by atoms with E-state index in [1.807, 2.05) is 0 Å². The summed E-state index contributed by atoms with van der Waals surface area (Å²) in [6, 6.07) is 0. The maximum atomic E-state index is 6.32. The third-order valence-electron chi connectivity index (χ3n) is 14.2. The van der Waals surface area contributed by atoms with Crippen molar-refractivity contribution in [1.29, 1.82) is 0 Å². The molecule has 408 valence electrons. The number of nitrogens with zero attached hydrogens (tertiary/aromatic N) is 3. The first kappa shape index (κ1) is 65.3. The van der Waals surface area contributed by atoms with Gasteiger partial charge in [0, 0.05) is 59.3 Å². The summed E-state index contributed by atoms with van der Waals surface area (Å²) in [5, 5.41) is 10.5. The predicted molar refractivity (Wildman–Crippen MR) is 302 cm³/mol. The van der Waals surface area contributed by atoms with Crippen molar-refractivity contribution < 1.29 is 14.2 Å². The molecule has 0 fully saturated rings. The summed E-state index contributed by atoms with van der Waals surface area (Å²) < 4.78 is 19.0. The van der Waals surface area contributed by atoms with Gasteiger partial charge in [0.1, 0.15) is 0 Å². The van der Waals surface area contributed by atoms with Gasteiger partial charge in [-0.15, -0.1) is 0 Å². The lowest BCUT2D eigenvalue weighted by Gasteiger charge is -2.18. The van der Waals surface area contributed by atoms with Gasteiger partial charge in [0.25, 0.3) is 0 Å². The highest BCUT2D eigenvalue weighted by Gasteiger charge is 2.13. The van der Waals surface area contributed by atoms with E-state index >= 15 is 0 Å². The zero-order chi connectivity index (χ0) is 49.8. The molecule has 1 heterocycles. The van der Waals surface area contributed by atoms with Gasteiger partial charge >= 0.3 is 0 Å². The molecule has 0 spiro atoms. The molecule has 0 radical (unpaired) electrons. The van der Waals surface area contributed by atoms with E-state index in [0.29, 0.717) is 35.6 Å². The first-order valence-electron chi connectivity index (χ1n) is 30.8. The van der Waals surface area contributed by atoms with Crippen molar-refractivity contribution in [3.63, 3.8) is 0 Å². The third kappa shape index (κ3) is 43.6. The SMILES string of the molecule is CCCCCCCCC(CCCCCC)COCCCNc1nc(NCCCOCC(CCCCCC)CCCCCCCC)nc(NCCCOCC(CCCCCC)CCCCCCCC)n1. The second-order valence-corrected chi connectivity index (χ2v) is 21.2. The molecule has 3 unspecified atom stereocenters. The highest BCUT2D eigenvalue weighted by molar-refractivity contribution is 5.42. The Balaban J connectivity index is 2.75. The fourth-order valence-electron chi connectivity index (χ4n) is 9.64. The molecule has 0 bridgehead atoms. The normalized spacial score (nSPS) is 13.0. The lowest BCUT2D eigenvalue weighted by atomic mass is 9.95. The van der Waals surface area contributed by atoms with E-state index in [1.54, 1.807) is 0 Å². The molecule has 1 aromatic rings. The minimum Gasteiger partial charge on any atom is -0.381 e. The van der Waals surface area contributed by atoms with E-state index in [2.05, 4.69) is 57.5 Å². The van der Waals surface area contributed by atoms with Gasteiger partial charge in [0.15, 0.2) is 0 Å². The van der Waals surface area contributed by atoms with Crippen LogP contribution in [0.3, 0.4) is 0 Å². The van der Waals surface area contributed by atoms with E-state index in [9.17, 15) is 0 Å². The summed E-state index contributed by atoms with van der Waals surface area (Å²) in [6.45, 7) is 21.0. The third-order valence-corrected chi connectivity index (χ3v) is 14.2. The molecule has 3 atom stereocenters. The molecule has 0 aliphatic heterocycles. The summed E-state index contributed by atoms with van der Waals surface area (Å²) in [4.78, 5) is 14.4. The van der Waals surface area contributed by atoms with Crippen LogP contribution in [-0.2, 0) is 14.2 Å². The molecule has 0 saturated carbocycles. The van der Waals surface area contributed by atoms with Crippen LogP contribution in [0.2, 0.25) is 0 Å². The van der Waals surface area contributed by atoms with E-state index in [-0.39, 0.29) is 0 Å². The molecule has 3 N–H and O–H groups in total. The van der Waals surface area contributed by atoms with Gasteiger partial charge in [-0.05, 0) is 75.5 Å². The maximum Gasteiger partial charge on any atom is 0.229 e. The molecular weight excluding hydrogens is 853 g/mol. The molecule has 0 saturated heterocycles. The van der Waals surface area contributed by atoms with Gasteiger partial charge in [-0.3, -0.25) is 0 Å². The Morgan fingerprint density at radius 3 is 0.710 bits per heavy atom. The number of hydrogen-bond acceptors (Lipinski definition) is 9. The van der Waals surface area contributed by atoms with Crippen molar-refractivity contribution in [3.05, 3.63) is 0 Å². The minimum atomic E-state index is 0.612. The van der Waals surface area contributed by atoms with Crippen molar-refractivity contribution in [2.45, 2.75) is 292 Å². The highest BCUT2D eigenvalue weighted by Crippen LogP contribution is 2.23. The van der Waals surface area contributed by atoms with Gasteiger partial charge in [0.2, 0.25) is 17.8 Å². The molecule has 0 amide bonds. The Morgan fingerprint density at radius 2 is 0.478 bits per heavy atom. The number of aromatic nitrogens is 3. The summed E-state index contributed by atoms with van der Waals surface area (Å²) in [7, 11) is 0. The number of hydrogen-bond donors (Lipinski definition) is 3. The monoisotopic (exact) mass is 973 g/mol. The summed E-state index contributed by atoms with van der Waals surface area (Å²) in [5.74, 6) is 3.90. The van der Waals surface area contributed by atoms with Crippen molar-refractivity contribution in [3.8, 4) is 0 Å². The molecule has 0 aromatic carbocycles.